The Kier molecular flexibility index (Phi) is 4.14. The summed E-state index contributed by atoms with van der Waals surface area (Å²) >= 11 is 0. The number of nitrogens with one attached hydrogen (secondary N) is 1. The van der Waals surface area contributed by atoms with Crippen molar-refractivity contribution in [2.24, 2.45) is 11.8 Å². The summed E-state index contributed by atoms with van der Waals surface area (Å²) in [5, 5.41) is 3.15. The molecule has 3 heteroatoms. The Hall–Kier alpha value is -0.570. The highest BCUT2D eigenvalue weighted by Crippen LogP contribution is 2.36. The van der Waals surface area contributed by atoms with Gasteiger partial charge in [0, 0.05) is 0 Å². The van der Waals surface area contributed by atoms with Crippen LogP contribution in [0.15, 0.2) is 0 Å². The lowest BCUT2D eigenvalue weighted by molar-refractivity contribution is -0.150. The Balaban J connectivity index is 2.62. The van der Waals surface area contributed by atoms with Crippen molar-refractivity contribution >= 4 is 5.97 Å². The predicted molar refractivity (Wildman–Crippen MR) is 60.6 cm³/mol. The number of esters is 1. The Morgan fingerprint density at radius 3 is 2.27 bits per heavy atom. The smallest absolute Gasteiger partial charge is 0.326 e. The SMILES string of the molecule is CNC1(C(=O)OC)CCC(C(C)C)CC1. The molecule has 0 aliphatic heterocycles. The summed E-state index contributed by atoms with van der Waals surface area (Å²) in [6.07, 6.45) is 4.04. The molecule has 88 valence electrons. The third-order valence-corrected chi connectivity index (χ3v) is 3.88. The third-order valence-electron chi connectivity index (χ3n) is 3.88. The maximum absolute atomic E-state index is 11.7. The number of methoxy groups -OCH3 is 1. The molecule has 3 nitrogen and oxygen atoms in total. The first-order valence-corrected chi connectivity index (χ1v) is 5.83. The zero-order valence-electron chi connectivity index (χ0n) is 10.3. The molecular weight excluding hydrogens is 190 g/mol. The van der Waals surface area contributed by atoms with Crippen molar-refractivity contribution < 1.29 is 9.53 Å². The average Bonchev–Trinajstić information content (AvgIpc) is 2.27. The van der Waals surface area contributed by atoms with Crippen LogP contribution in [0.4, 0.5) is 0 Å². The van der Waals surface area contributed by atoms with Crippen LogP contribution in [0.1, 0.15) is 39.5 Å². The van der Waals surface area contributed by atoms with Crippen molar-refractivity contribution in [2.45, 2.75) is 45.1 Å². The second-order valence-electron chi connectivity index (χ2n) is 4.91. The van der Waals surface area contributed by atoms with Crippen LogP contribution in [0.5, 0.6) is 0 Å². The Morgan fingerprint density at radius 1 is 1.40 bits per heavy atom. The molecule has 1 rings (SSSR count). The van der Waals surface area contributed by atoms with Gasteiger partial charge in [0.15, 0.2) is 0 Å². The second kappa shape index (κ2) is 4.97. The quantitative estimate of drug-likeness (QED) is 0.728. The molecule has 0 aromatic rings. The van der Waals surface area contributed by atoms with E-state index in [2.05, 4.69) is 19.2 Å². The predicted octanol–water partition coefficient (Wildman–Crippen LogP) is 1.96. The molecule has 1 aliphatic carbocycles. The Bertz CT molecular complexity index is 218. The number of ether oxygens (including phenoxy) is 1. The van der Waals surface area contributed by atoms with E-state index in [-0.39, 0.29) is 5.97 Å². The van der Waals surface area contributed by atoms with E-state index in [1.165, 1.54) is 7.11 Å². The fourth-order valence-corrected chi connectivity index (χ4v) is 2.55. The zero-order chi connectivity index (χ0) is 11.5. The van der Waals surface area contributed by atoms with Gasteiger partial charge < -0.3 is 10.1 Å². The van der Waals surface area contributed by atoms with Gasteiger partial charge in [-0.25, -0.2) is 0 Å². The summed E-state index contributed by atoms with van der Waals surface area (Å²) in [5.41, 5.74) is -0.417. The molecule has 0 atom stereocenters. The minimum Gasteiger partial charge on any atom is -0.468 e. The fourth-order valence-electron chi connectivity index (χ4n) is 2.55. The molecule has 0 radical (unpaired) electrons. The van der Waals surface area contributed by atoms with Crippen LogP contribution in [-0.4, -0.2) is 25.7 Å². The van der Waals surface area contributed by atoms with Crippen LogP contribution in [-0.2, 0) is 9.53 Å². The number of carbonyl (C=O) groups excluding carboxylic acids is 1. The molecule has 0 spiro atoms. The van der Waals surface area contributed by atoms with Gasteiger partial charge >= 0.3 is 5.97 Å². The van der Waals surface area contributed by atoms with E-state index in [0.717, 1.165) is 37.5 Å². The molecule has 1 aliphatic rings. The van der Waals surface area contributed by atoms with Crippen molar-refractivity contribution in [3.05, 3.63) is 0 Å². The molecule has 1 fully saturated rings. The van der Waals surface area contributed by atoms with E-state index >= 15 is 0 Å². The molecule has 1 N–H and O–H groups in total. The minimum atomic E-state index is -0.417. The minimum absolute atomic E-state index is 0.104. The number of hydrogen-bond donors (Lipinski definition) is 1. The standard InChI is InChI=1S/C12H23NO2/c1-9(2)10-5-7-12(13-3,8-6-10)11(14)15-4/h9-10,13H,5-8H2,1-4H3. The molecule has 1 saturated carbocycles. The number of likely N-dealkylation sites (N-methyl/N-ethyl adjacent to an activating group) is 1. The van der Waals surface area contributed by atoms with E-state index in [1.54, 1.807) is 0 Å². The highest BCUT2D eigenvalue weighted by molar-refractivity contribution is 5.80. The van der Waals surface area contributed by atoms with Gasteiger partial charge in [-0.15, -0.1) is 0 Å². The summed E-state index contributed by atoms with van der Waals surface area (Å²) in [4.78, 5) is 11.7. The molecule has 0 saturated heterocycles. The highest BCUT2D eigenvalue weighted by atomic mass is 16.5. The van der Waals surface area contributed by atoms with Crippen molar-refractivity contribution in [3.63, 3.8) is 0 Å². The summed E-state index contributed by atoms with van der Waals surface area (Å²) in [6, 6.07) is 0. The Morgan fingerprint density at radius 2 is 1.93 bits per heavy atom. The largest absolute Gasteiger partial charge is 0.468 e. The molecule has 0 unspecified atom stereocenters. The van der Waals surface area contributed by atoms with Crippen LogP contribution >= 0.6 is 0 Å². The maximum atomic E-state index is 11.7. The van der Waals surface area contributed by atoms with Crippen LogP contribution in [0.2, 0.25) is 0 Å². The van der Waals surface area contributed by atoms with Gasteiger partial charge in [-0.1, -0.05) is 13.8 Å². The monoisotopic (exact) mass is 213 g/mol. The molecular formula is C12H23NO2. The van der Waals surface area contributed by atoms with Crippen molar-refractivity contribution in [3.8, 4) is 0 Å². The van der Waals surface area contributed by atoms with Gasteiger partial charge in [-0.2, -0.15) is 0 Å². The lowest BCUT2D eigenvalue weighted by Crippen LogP contribution is -2.53. The van der Waals surface area contributed by atoms with Crippen LogP contribution in [0.25, 0.3) is 0 Å². The summed E-state index contributed by atoms with van der Waals surface area (Å²) < 4.78 is 4.88. The lowest BCUT2D eigenvalue weighted by Gasteiger charge is -2.38. The number of carbonyl (C=O) groups is 1. The van der Waals surface area contributed by atoms with Gasteiger partial charge in [0.1, 0.15) is 5.54 Å². The maximum Gasteiger partial charge on any atom is 0.326 e. The van der Waals surface area contributed by atoms with Crippen molar-refractivity contribution in [1.29, 1.82) is 0 Å². The molecule has 15 heavy (non-hydrogen) atoms. The van der Waals surface area contributed by atoms with E-state index < -0.39 is 5.54 Å². The van der Waals surface area contributed by atoms with Gasteiger partial charge in [-0.3, -0.25) is 4.79 Å². The summed E-state index contributed by atoms with van der Waals surface area (Å²) in [7, 11) is 3.32. The number of rotatable bonds is 3. The van der Waals surface area contributed by atoms with Gasteiger partial charge in [-0.05, 0) is 44.6 Å². The lowest BCUT2D eigenvalue weighted by atomic mass is 9.73. The molecule has 0 bridgehead atoms. The Labute approximate surface area is 92.6 Å². The molecule has 0 aromatic carbocycles. The molecule has 0 aromatic heterocycles. The first-order chi connectivity index (χ1) is 7.05. The molecule has 0 amide bonds. The highest BCUT2D eigenvalue weighted by Gasteiger charge is 2.41. The van der Waals surface area contributed by atoms with Crippen molar-refractivity contribution in [2.75, 3.05) is 14.2 Å². The summed E-state index contributed by atoms with van der Waals surface area (Å²) in [6.45, 7) is 4.52. The van der Waals surface area contributed by atoms with Gasteiger partial charge in [0.2, 0.25) is 0 Å². The summed E-state index contributed by atoms with van der Waals surface area (Å²) in [5.74, 6) is 1.38. The number of hydrogen-bond acceptors (Lipinski definition) is 3. The first-order valence-electron chi connectivity index (χ1n) is 5.83. The topological polar surface area (TPSA) is 38.3 Å². The van der Waals surface area contributed by atoms with E-state index in [0.29, 0.717) is 0 Å². The first kappa shape index (κ1) is 12.5. The zero-order valence-corrected chi connectivity index (χ0v) is 10.3. The average molecular weight is 213 g/mol. The molecule has 0 heterocycles. The van der Waals surface area contributed by atoms with E-state index in [9.17, 15) is 4.79 Å². The van der Waals surface area contributed by atoms with E-state index in [1.807, 2.05) is 7.05 Å². The van der Waals surface area contributed by atoms with Crippen LogP contribution in [0.3, 0.4) is 0 Å². The van der Waals surface area contributed by atoms with Crippen LogP contribution in [0, 0.1) is 11.8 Å². The van der Waals surface area contributed by atoms with E-state index in [4.69, 9.17) is 4.74 Å². The normalized spacial score (nSPS) is 31.7. The second-order valence-corrected chi connectivity index (χ2v) is 4.91. The fraction of sp³-hybridized carbons (Fsp3) is 0.917. The van der Waals surface area contributed by atoms with Gasteiger partial charge in [0.05, 0.1) is 7.11 Å². The van der Waals surface area contributed by atoms with Crippen LogP contribution < -0.4 is 5.32 Å². The van der Waals surface area contributed by atoms with Gasteiger partial charge in [0.25, 0.3) is 0 Å². The third kappa shape index (κ3) is 2.51. The van der Waals surface area contributed by atoms with Crippen molar-refractivity contribution in [1.82, 2.24) is 5.32 Å².